The molecule has 1 atom stereocenters. The normalized spacial score (nSPS) is 11.9. The second kappa shape index (κ2) is 5.34. The highest BCUT2D eigenvalue weighted by molar-refractivity contribution is 5.78. The second-order valence-corrected chi connectivity index (χ2v) is 3.79. The van der Waals surface area contributed by atoms with Gasteiger partial charge in [-0.3, -0.25) is 4.68 Å². The Morgan fingerprint density at radius 1 is 1.58 bits per heavy atom. The molecule has 0 saturated heterocycles. The lowest BCUT2D eigenvalue weighted by atomic mass is 10.1. The Morgan fingerprint density at radius 2 is 2.37 bits per heavy atom. The van der Waals surface area contributed by atoms with E-state index in [9.17, 15) is 9.90 Å². The summed E-state index contributed by atoms with van der Waals surface area (Å²) in [5.74, 6) is -0.511. The quantitative estimate of drug-likeness (QED) is 0.807. The first-order chi connectivity index (χ1) is 9.10. The van der Waals surface area contributed by atoms with Crippen LogP contribution in [-0.4, -0.2) is 37.9 Å². The van der Waals surface area contributed by atoms with E-state index in [-0.39, 0.29) is 5.95 Å². The summed E-state index contributed by atoms with van der Waals surface area (Å²) >= 11 is 0. The zero-order valence-electron chi connectivity index (χ0n) is 10.4. The van der Waals surface area contributed by atoms with Crippen LogP contribution in [0.3, 0.4) is 0 Å². The van der Waals surface area contributed by atoms with Crippen LogP contribution in [0.4, 0.5) is 5.95 Å². The van der Waals surface area contributed by atoms with Crippen LogP contribution in [-0.2, 0) is 11.8 Å². The van der Waals surface area contributed by atoms with Gasteiger partial charge in [0.2, 0.25) is 11.8 Å². The first-order valence-electron chi connectivity index (χ1n) is 5.45. The van der Waals surface area contributed by atoms with Crippen molar-refractivity contribution in [1.82, 2.24) is 19.7 Å². The summed E-state index contributed by atoms with van der Waals surface area (Å²) in [5.41, 5.74) is 0.515. The van der Waals surface area contributed by atoms with Gasteiger partial charge in [0.1, 0.15) is 0 Å². The van der Waals surface area contributed by atoms with E-state index in [1.54, 1.807) is 19.3 Å². The molecule has 2 aromatic rings. The summed E-state index contributed by atoms with van der Waals surface area (Å²) < 4.78 is 6.48. The first-order valence-corrected chi connectivity index (χ1v) is 5.45. The topological polar surface area (TPSA) is 102 Å². The first kappa shape index (κ1) is 12.8. The fourth-order valence-corrected chi connectivity index (χ4v) is 1.53. The minimum Gasteiger partial charge on any atom is -0.481 e. The third kappa shape index (κ3) is 2.97. The molecule has 2 rings (SSSR count). The smallest absolute Gasteiger partial charge is 0.331 e. The molecule has 0 aliphatic rings. The second-order valence-electron chi connectivity index (χ2n) is 3.79. The molecule has 2 heterocycles. The van der Waals surface area contributed by atoms with Gasteiger partial charge in [-0.1, -0.05) is 0 Å². The van der Waals surface area contributed by atoms with E-state index >= 15 is 0 Å². The maximum absolute atomic E-state index is 11.3. The van der Waals surface area contributed by atoms with Gasteiger partial charge < -0.3 is 15.2 Å². The van der Waals surface area contributed by atoms with Crippen LogP contribution >= 0.6 is 0 Å². The van der Waals surface area contributed by atoms with E-state index in [0.29, 0.717) is 11.4 Å². The number of aryl methyl sites for hydroxylation is 1. The number of nitrogens with one attached hydrogen (secondary N) is 1. The summed E-state index contributed by atoms with van der Waals surface area (Å²) in [6.07, 6.45) is 4.58. The molecule has 0 aliphatic heterocycles. The van der Waals surface area contributed by atoms with E-state index in [2.05, 4.69) is 20.4 Å². The summed E-state index contributed by atoms with van der Waals surface area (Å²) in [6, 6.07) is 0.603. The SMILES string of the molecule is COc1ccnc(NC(C(=O)O)c2cnn(C)c2)n1. The third-order valence-electron chi connectivity index (χ3n) is 2.42. The fourth-order valence-electron chi connectivity index (χ4n) is 1.53. The van der Waals surface area contributed by atoms with Gasteiger partial charge in [-0.05, 0) is 0 Å². The summed E-state index contributed by atoms with van der Waals surface area (Å²) in [6.45, 7) is 0. The molecule has 19 heavy (non-hydrogen) atoms. The Morgan fingerprint density at radius 3 is 2.95 bits per heavy atom. The molecule has 0 aromatic carbocycles. The molecule has 8 heteroatoms. The van der Waals surface area contributed by atoms with E-state index in [4.69, 9.17) is 4.74 Å². The van der Waals surface area contributed by atoms with Crippen molar-refractivity contribution in [2.24, 2.45) is 7.05 Å². The number of carbonyl (C=O) groups is 1. The predicted molar refractivity (Wildman–Crippen MR) is 65.8 cm³/mol. The fraction of sp³-hybridized carbons (Fsp3) is 0.273. The van der Waals surface area contributed by atoms with Crippen molar-refractivity contribution in [3.05, 3.63) is 30.2 Å². The molecule has 0 saturated carbocycles. The van der Waals surface area contributed by atoms with Crippen LogP contribution in [0.1, 0.15) is 11.6 Å². The molecule has 8 nitrogen and oxygen atoms in total. The molecule has 0 radical (unpaired) electrons. The molecule has 0 bridgehead atoms. The molecule has 0 fully saturated rings. The summed E-state index contributed by atoms with van der Waals surface area (Å²) in [4.78, 5) is 19.2. The van der Waals surface area contributed by atoms with Gasteiger partial charge in [-0.2, -0.15) is 10.1 Å². The largest absolute Gasteiger partial charge is 0.481 e. The van der Waals surface area contributed by atoms with Crippen molar-refractivity contribution < 1.29 is 14.6 Å². The maximum atomic E-state index is 11.3. The number of aromatic nitrogens is 4. The molecular weight excluding hydrogens is 250 g/mol. The number of nitrogens with zero attached hydrogens (tertiary/aromatic N) is 4. The Labute approximate surface area is 109 Å². The Bertz CT molecular complexity index is 583. The van der Waals surface area contributed by atoms with Gasteiger partial charge in [0.15, 0.2) is 6.04 Å². The predicted octanol–water partition coefficient (Wildman–Crippen LogP) is 0.456. The van der Waals surface area contributed by atoms with Crippen LogP contribution in [0.25, 0.3) is 0 Å². The zero-order valence-corrected chi connectivity index (χ0v) is 10.4. The van der Waals surface area contributed by atoms with E-state index in [1.165, 1.54) is 24.2 Å². The van der Waals surface area contributed by atoms with Crippen molar-refractivity contribution in [3.63, 3.8) is 0 Å². The standard InChI is InChI=1S/C11H13N5O3/c1-16-6-7(5-13-16)9(10(17)18)15-11-12-4-3-8(14-11)19-2/h3-6,9H,1-2H3,(H,17,18)(H,12,14,15). The molecule has 0 aliphatic carbocycles. The highest BCUT2D eigenvalue weighted by Crippen LogP contribution is 2.18. The van der Waals surface area contributed by atoms with Gasteiger partial charge >= 0.3 is 5.97 Å². The highest BCUT2D eigenvalue weighted by Gasteiger charge is 2.22. The van der Waals surface area contributed by atoms with E-state index in [1.807, 2.05) is 0 Å². The average Bonchev–Trinajstić information content (AvgIpc) is 2.82. The number of anilines is 1. The van der Waals surface area contributed by atoms with E-state index in [0.717, 1.165) is 0 Å². The molecular formula is C11H13N5O3. The molecule has 0 spiro atoms. The molecule has 100 valence electrons. The van der Waals surface area contributed by atoms with Gasteiger partial charge in [-0.25, -0.2) is 9.78 Å². The molecule has 0 amide bonds. The molecule has 2 N–H and O–H groups in total. The lowest BCUT2D eigenvalue weighted by Crippen LogP contribution is -2.21. The van der Waals surface area contributed by atoms with Gasteiger partial charge in [0, 0.05) is 31.1 Å². The minimum atomic E-state index is -1.04. The Balaban J connectivity index is 2.23. The van der Waals surface area contributed by atoms with Gasteiger partial charge in [-0.15, -0.1) is 0 Å². The maximum Gasteiger partial charge on any atom is 0.331 e. The number of methoxy groups -OCH3 is 1. The molecule has 1 unspecified atom stereocenters. The Hall–Kier alpha value is -2.64. The van der Waals surface area contributed by atoms with Crippen molar-refractivity contribution in [3.8, 4) is 5.88 Å². The van der Waals surface area contributed by atoms with E-state index < -0.39 is 12.0 Å². The van der Waals surface area contributed by atoms with Crippen LogP contribution in [0, 0.1) is 0 Å². The summed E-state index contributed by atoms with van der Waals surface area (Å²) in [5, 5.41) is 15.9. The number of rotatable bonds is 5. The average molecular weight is 263 g/mol. The van der Waals surface area contributed by atoms with Crippen molar-refractivity contribution in [2.45, 2.75) is 6.04 Å². The van der Waals surface area contributed by atoms with Crippen molar-refractivity contribution >= 4 is 11.9 Å². The third-order valence-corrected chi connectivity index (χ3v) is 2.42. The summed E-state index contributed by atoms with van der Waals surface area (Å²) in [7, 11) is 3.19. The number of ether oxygens (including phenoxy) is 1. The minimum absolute atomic E-state index is 0.176. The van der Waals surface area contributed by atoms with Crippen LogP contribution in [0.5, 0.6) is 5.88 Å². The lowest BCUT2D eigenvalue weighted by molar-refractivity contribution is -0.138. The van der Waals surface area contributed by atoms with Crippen LogP contribution < -0.4 is 10.1 Å². The monoisotopic (exact) mass is 263 g/mol. The van der Waals surface area contributed by atoms with Crippen LogP contribution in [0.2, 0.25) is 0 Å². The van der Waals surface area contributed by atoms with Crippen molar-refractivity contribution in [1.29, 1.82) is 0 Å². The van der Waals surface area contributed by atoms with Gasteiger partial charge in [0.25, 0.3) is 0 Å². The van der Waals surface area contributed by atoms with Crippen LogP contribution in [0.15, 0.2) is 24.7 Å². The number of hydrogen-bond acceptors (Lipinski definition) is 6. The van der Waals surface area contributed by atoms with Gasteiger partial charge in [0.05, 0.1) is 13.3 Å². The number of hydrogen-bond donors (Lipinski definition) is 2. The number of carboxylic acid groups (broad SMARTS) is 1. The number of aliphatic carboxylic acids is 1. The lowest BCUT2D eigenvalue weighted by Gasteiger charge is -2.12. The zero-order chi connectivity index (χ0) is 13.8. The molecule has 2 aromatic heterocycles. The highest BCUT2D eigenvalue weighted by atomic mass is 16.5. The van der Waals surface area contributed by atoms with Crippen molar-refractivity contribution in [2.75, 3.05) is 12.4 Å². The number of carboxylic acids is 1. The Kier molecular flexibility index (Phi) is 3.60.